The number of carbonyl (C=O) groups is 1. The topological polar surface area (TPSA) is 32.3 Å². The minimum absolute atomic E-state index is 0.0774. The van der Waals surface area contributed by atoms with Gasteiger partial charge in [0.05, 0.1) is 5.56 Å². The lowest BCUT2D eigenvalue weighted by Gasteiger charge is -2.08. The van der Waals surface area contributed by atoms with E-state index in [0.717, 1.165) is 25.7 Å². The Bertz CT molecular complexity index is 762. The summed E-state index contributed by atoms with van der Waals surface area (Å²) < 4.78 is 0. The Labute approximate surface area is 196 Å². The van der Waals surface area contributed by atoms with Gasteiger partial charge in [-0.1, -0.05) is 47.1 Å². The van der Waals surface area contributed by atoms with E-state index in [4.69, 9.17) is 0 Å². The molecule has 0 radical (unpaired) electrons. The van der Waals surface area contributed by atoms with Gasteiger partial charge in [-0.25, -0.2) is 0 Å². The lowest BCUT2D eigenvalue weighted by Crippen LogP contribution is -2.23. The van der Waals surface area contributed by atoms with Gasteiger partial charge in [-0.2, -0.15) is 0 Å². The van der Waals surface area contributed by atoms with Crippen LogP contribution in [0.2, 0.25) is 0 Å². The van der Waals surface area contributed by atoms with E-state index in [2.05, 4.69) is 75.9 Å². The normalized spacial score (nSPS) is 13.1. The highest BCUT2D eigenvalue weighted by atomic mass is 32.1. The van der Waals surface area contributed by atoms with Crippen LogP contribution in [0.1, 0.15) is 76.1 Å². The maximum atomic E-state index is 12.2. The number of rotatable bonds is 14. The fourth-order valence-corrected chi connectivity index (χ4v) is 3.57. The first-order valence-corrected chi connectivity index (χ1v) is 11.9. The van der Waals surface area contributed by atoms with Gasteiger partial charge in [-0.3, -0.25) is 4.79 Å². The van der Waals surface area contributed by atoms with Gasteiger partial charge in [0.1, 0.15) is 0 Å². The summed E-state index contributed by atoms with van der Waals surface area (Å²) in [5.41, 5.74) is 4.90. The number of hydrogen-bond donors (Lipinski definition) is 2. The van der Waals surface area contributed by atoms with E-state index in [9.17, 15) is 4.79 Å². The molecule has 1 rings (SSSR count). The molecule has 0 aromatic heterocycles. The smallest absolute Gasteiger partial charge is 0.252 e. The third-order valence-corrected chi connectivity index (χ3v) is 5.74. The van der Waals surface area contributed by atoms with Crippen molar-refractivity contribution in [2.24, 2.45) is 0 Å². The molecule has 0 fully saturated rings. The Morgan fingerprint density at radius 1 is 0.903 bits per heavy atom. The Kier molecular flexibility index (Phi) is 14.0. The average molecular weight is 443 g/mol. The molecule has 0 heterocycles. The van der Waals surface area contributed by atoms with Gasteiger partial charge >= 0.3 is 0 Å². The molecule has 0 spiro atoms. The van der Waals surface area contributed by atoms with E-state index in [1.54, 1.807) is 6.07 Å². The van der Waals surface area contributed by atoms with E-state index in [1.165, 1.54) is 42.5 Å². The molecule has 0 aliphatic rings. The number of amides is 1. The first-order valence-electron chi connectivity index (χ1n) is 11.5. The van der Waals surface area contributed by atoms with Crippen molar-refractivity contribution >= 4 is 18.5 Å². The van der Waals surface area contributed by atoms with Gasteiger partial charge < -0.3 is 10.2 Å². The van der Waals surface area contributed by atoms with Gasteiger partial charge in [-0.15, -0.1) is 12.6 Å². The number of thiol groups is 1. The zero-order valence-corrected chi connectivity index (χ0v) is 21.1. The SMILES string of the molecule is CC(=CCCC(C)=CCNC(=O)c1ccccc1S)CCC=C(C)CCCCN(C)C. The van der Waals surface area contributed by atoms with Crippen LogP contribution in [0.4, 0.5) is 0 Å². The van der Waals surface area contributed by atoms with Crippen molar-refractivity contribution in [1.82, 2.24) is 10.2 Å². The van der Waals surface area contributed by atoms with Crippen molar-refractivity contribution in [3.05, 3.63) is 64.8 Å². The predicted octanol–water partition coefficient (Wildman–Crippen LogP) is 6.84. The minimum Gasteiger partial charge on any atom is -0.349 e. The van der Waals surface area contributed by atoms with Gasteiger partial charge in [0.15, 0.2) is 0 Å². The van der Waals surface area contributed by atoms with Gasteiger partial charge in [0.25, 0.3) is 5.91 Å². The second-order valence-electron chi connectivity index (χ2n) is 8.72. The van der Waals surface area contributed by atoms with Crippen LogP contribution in [0.3, 0.4) is 0 Å². The van der Waals surface area contributed by atoms with Gasteiger partial charge in [-0.05, 0) is 98.5 Å². The maximum absolute atomic E-state index is 12.2. The minimum atomic E-state index is -0.0774. The fourth-order valence-electron chi connectivity index (χ4n) is 3.31. The Morgan fingerprint density at radius 3 is 2.10 bits per heavy atom. The van der Waals surface area contributed by atoms with Crippen LogP contribution in [0.5, 0.6) is 0 Å². The molecule has 31 heavy (non-hydrogen) atoms. The number of unbranched alkanes of at least 4 members (excludes halogenated alkanes) is 1. The summed E-state index contributed by atoms with van der Waals surface area (Å²) in [6, 6.07) is 7.36. The monoisotopic (exact) mass is 442 g/mol. The zero-order valence-electron chi connectivity index (χ0n) is 20.2. The first kappa shape index (κ1) is 27.3. The molecule has 0 aliphatic carbocycles. The summed E-state index contributed by atoms with van der Waals surface area (Å²) >= 11 is 4.34. The quantitative estimate of drug-likeness (QED) is 0.188. The summed E-state index contributed by atoms with van der Waals surface area (Å²) in [6.07, 6.45) is 15.0. The molecule has 0 bridgehead atoms. The van der Waals surface area contributed by atoms with Crippen LogP contribution < -0.4 is 5.32 Å². The van der Waals surface area contributed by atoms with E-state index in [1.807, 2.05) is 18.2 Å². The lowest BCUT2D eigenvalue weighted by molar-refractivity contribution is 0.0955. The summed E-state index contributed by atoms with van der Waals surface area (Å²) in [5, 5.41) is 2.94. The van der Waals surface area contributed by atoms with Crippen LogP contribution in [-0.2, 0) is 0 Å². The summed E-state index contributed by atoms with van der Waals surface area (Å²) in [4.78, 5) is 15.2. The molecule has 4 heteroatoms. The summed E-state index contributed by atoms with van der Waals surface area (Å²) in [6.45, 7) is 8.35. The molecule has 1 N–H and O–H groups in total. The van der Waals surface area contributed by atoms with Gasteiger partial charge in [0.2, 0.25) is 0 Å². The van der Waals surface area contributed by atoms with Gasteiger partial charge in [0, 0.05) is 11.4 Å². The standard InChI is InChI=1S/C27H42N2OS/c1-22(12-8-9-21-29(4)5)13-10-14-23(2)15-11-16-24(3)19-20-28-27(30)25-17-6-7-18-26(25)31/h6-7,13,15,17-19,31H,8-12,14,16,20-21H2,1-5H3,(H,28,30). The molecule has 0 atom stereocenters. The Hall–Kier alpha value is -1.78. The third-order valence-electron chi connectivity index (χ3n) is 5.35. The second kappa shape index (κ2) is 15.9. The van der Waals surface area contributed by atoms with Crippen LogP contribution in [0.15, 0.2) is 64.1 Å². The Morgan fingerprint density at radius 2 is 1.48 bits per heavy atom. The van der Waals surface area contributed by atoms with Crippen LogP contribution in [0.25, 0.3) is 0 Å². The predicted molar refractivity (Wildman–Crippen MR) is 138 cm³/mol. The molecule has 0 saturated heterocycles. The lowest BCUT2D eigenvalue weighted by atomic mass is 10.0. The molecule has 1 aromatic carbocycles. The number of benzene rings is 1. The van der Waals surface area contributed by atoms with Crippen molar-refractivity contribution in [2.75, 3.05) is 27.2 Å². The van der Waals surface area contributed by atoms with Crippen molar-refractivity contribution in [3.63, 3.8) is 0 Å². The molecular formula is C27H42N2OS. The van der Waals surface area contributed by atoms with E-state index in [0.29, 0.717) is 17.0 Å². The second-order valence-corrected chi connectivity index (χ2v) is 9.20. The Balaban J connectivity index is 2.24. The highest BCUT2D eigenvalue weighted by molar-refractivity contribution is 7.80. The third kappa shape index (κ3) is 13.3. The van der Waals surface area contributed by atoms with E-state index < -0.39 is 0 Å². The number of allylic oxidation sites excluding steroid dienone is 5. The van der Waals surface area contributed by atoms with Crippen LogP contribution >= 0.6 is 12.6 Å². The molecule has 172 valence electrons. The van der Waals surface area contributed by atoms with Crippen molar-refractivity contribution in [2.45, 2.75) is 70.6 Å². The van der Waals surface area contributed by atoms with Crippen molar-refractivity contribution < 1.29 is 4.79 Å². The average Bonchev–Trinajstić information content (AvgIpc) is 2.71. The summed E-state index contributed by atoms with van der Waals surface area (Å²) in [5.74, 6) is -0.0774. The van der Waals surface area contributed by atoms with Crippen molar-refractivity contribution in [3.8, 4) is 0 Å². The number of nitrogens with zero attached hydrogens (tertiary/aromatic N) is 1. The molecule has 1 aromatic rings. The molecule has 0 aliphatic heterocycles. The number of nitrogens with one attached hydrogen (secondary N) is 1. The largest absolute Gasteiger partial charge is 0.349 e. The highest BCUT2D eigenvalue weighted by Crippen LogP contribution is 2.14. The first-order chi connectivity index (χ1) is 14.8. The van der Waals surface area contributed by atoms with Crippen LogP contribution in [0, 0.1) is 0 Å². The molecule has 1 amide bonds. The van der Waals surface area contributed by atoms with Crippen LogP contribution in [-0.4, -0.2) is 38.0 Å². The fraction of sp³-hybridized carbons (Fsp3) is 0.519. The number of carbonyl (C=O) groups excluding carboxylic acids is 1. The highest BCUT2D eigenvalue weighted by Gasteiger charge is 2.06. The van der Waals surface area contributed by atoms with E-state index in [-0.39, 0.29) is 5.91 Å². The molecule has 0 saturated carbocycles. The summed E-state index contributed by atoms with van der Waals surface area (Å²) in [7, 11) is 4.27. The van der Waals surface area contributed by atoms with E-state index >= 15 is 0 Å². The van der Waals surface area contributed by atoms with Crippen molar-refractivity contribution in [1.29, 1.82) is 0 Å². The molecule has 0 unspecified atom stereocenters. The zero-order chi connectivity index (χ0) is 23.1. The number of hydrogen-bond acceptors (Lipinski definition) is 3. The molecular weight excluding hydrogens is 400 g/mol. The maximum Gasteiger partial charge on any atom is 0.252 e. The molecule has 3 nitrogen and oxygen atoms in total.